The Bertz CT molecular complexity index is 1130. The molecule has 0 aliphatic carbocycles. The molecule has 0 fully saturated rings. The maximum absolute atomic E-state index is 12.0. The highest BCUT2D eigenvalue weighted by Gasteiger charge is 2.32. The van der Waals surface area contributed by atoms with E-state index in [0.717, 1.165) is 17.2 Å². The minimum atomic E-state index is -0.963. The number of hydrogen-bond acceptors (Lipinski definition) is 8. The van der Waals surface area contributed by atoms with Gasteiger partial charge in [0, 0.05) is 28.7 Å². The minimum absolute atomic E-state index is 0.0337. The quantitative estimate of drug-likeness (QED) is 0.207. The lowest BCUT2D eigenvalue weighted by molar-refractivity contribution is -0.141. The Kier molecular flexibility index (Phi) is 11.4. The van der Waals surface area contributed by atoms with Crippen molar-refractivity contribution in [2.24, 2.45) is 0 Å². The predicted molar refractivity (Wildman–Crippen MR) is 145 cm³/mol. The highest BCUT2D eigenvalue weighted by atomic mass is 16.6. The molecule has 0 bridgehead atoms. The SMILES string of the molecule is C=CC(=O)Oc1cc(C(C)(C)c2ccc(OCC(O)COC(=O)C=CC)cc2)c(OCC)c(OCC)c1C. The maximum atomic E-state index is 12.0. The molecule has 0 saturated carbocycles. The molecule has 0 amide bonds. The third-order valence-electron chi connectivity index (χ3n) is 5.80. The van der Waals surface area contributed by atoms with E-state index >= 15 is 0 Å². The molecular weight excluding hydrogens is 488 g/mol. The van der Waals surface area contributed by atoms with Gasteiger partial charge >= 0.3 is 11.9 Å². The second-order valence-electron chi connectivity index (χ2n) is 8.94. The fourth-order valence-corrected chi connectivity index (χ4v) is 3.76. The first kappa shape index (κ1) is 30.4. The lowest BCUT2D eigenvalue weighted by atomic mass is 9.77. The van der Waals surface area contributed by atoms with E-state index in [0.29, 0.717) is 41.8 Å². The van der Waals surface area contributed by atoms with Gasteiger partial charge in [-0.15, -0.1) is 0 Å². The van der Waals surface area contributed by atoms with Crippen LogP contribution in [0.3, 0.4) is 0 Å². The van der Waals surface area contributed by atoms with Crippen LogP contribution in [0.15, 0.2) is 55.1 Å². The molecule has 2 rings (SSSR count). The molecule has 2 aromatic rings. The minimum Gasteiger partial charge on any atom is -0.491 e. The van der Waals surface area contributed by atoms with Crippen LogP contribution in [-0.4, -0.2) is 49.6 Å². The van der Waals surface area contributed by atoms with Crippen molar-refractivity contribution in [3.63, 3.8) is 0 Å². The molecule has 38 heavy (non-hydrogen) atoms. The lowest BCUT2D eigenvalue weighted by Crippen LogP contribution is -2.25. The summed E-state index contributed by atoms with van der Waals surface area (Å²) in [6, 6.07) is 9.23. The van der Waals surface area contributed by atoms with Crippen LogP contribution in [0.1, 0.15) is 51.3 Å². The zero-order valence-electron chi connectivity index (χ0n) is 23.0. The van der Waals surface area contributed by atoms with Crippen LogP contribution >= 0.6 is 0 Å². The van der Waals surface area contributed by atoms with E-state index in [1.54, 1.807) is 31.2 Å². The summed E-state index contributed by atoms with van der Waals surface area (Å²) in [5.74, 6) is 0.947. The molecule has 8 nitrogen and oxygen atoms in total. The van der Waals surface area contributed by atoms with E-state index in [1.807, 2.05) is 46.8 Å². The Balaban J connectivity index is 2.34. The zero-order valence-corrected chi connectivity index (χ0v) is 23.0. The van der Waals surface area contributed by atoms with Crippen molar-refractivity contribution in [1.82, 2.24) is 0 Å². The maximum Gasteiger partial charge on any atom is 0.335 e. The molecule has 1 unspecified atom stereocenters. The number of aliphatic hydroxyl groups excluding tert-OH is 1. The standard InChI is InChI=1S/C30H38O8/c1-8-12-27(33)37-19-22(31)18-36-23-15-13-21(14-16-23)30(6,7)24-17-25(38-26(32)9-2)20(5)28(34-10-3)29(24)35-11-4/h8-9,12-17,22,31H,2,10-11,18-19H2,1,3-7H3. The van der Waals surface area contributed by atoms with E-state index < -0.39 is 23.5 Å². The van der Waals surface area contributed by atoms with E-state index in [-0.39, 0.29) is 13.2 Å². The number of allylic oxidation sites excluding steroid dienone is 1. The topological polar surface area (TPSA) is 101 Å². The average molecular weight is 527 g/mol. The second kappa shape index (κ2) is 14.2. The Morgan fingerprint density at radius 1 is 1.00 bits per heavy atom. The largest absolute Gasteiger partial charge is 0.491 e. The Morgan fingerprint density at radius 2 is 1.63 bits per heavy atom. The number of ether oxygens (including phenoxy) is 5. The van der Waals surface area contributed by atoms with Gasteiger partial charge in [-0.3, -0.25) is 0 Å². The molecule has 206 valence electrons. The van der Waals surface area contributed by atoms with Gasteiger partial charge in [0.2, 0.25) is 0 Å². The summed E-state index contributed by atoms with van der Waals surface area (Å²) in [6.45, 7) is 15.5. The van der Waals surface area contributed by atoms with Crippen molar-refractivity contribution in [1.29, 1.82) is 0 Å². The number of rotatable bonds is 14. The second-order valence-corrected chi connectivity index (χ2v) is 8.94. The summed E-state index contributed by atoms with van der Waals surface area (Å²) in [5.41, 5.74) is 1.80. The number of aliphatic hydroxyl groups is 1. The number of carbonyl (C=O) groups is 2. The molecule has 0 saturated heterocycles. The van der Waals surface area contributed by atoms with Crippen molar-refractivity contribution in [2.75, 3.05) is 26.4 Å². The fraction of sp³-hybridized carbons (Fsp3) is 0.400. The monoisotopic (exact) mass is 526 g/mol. The molecular formula is C30H38O8. The first-order chi connectivity index (χ1) is 18.1. The Hall–Kier alpha value is -3.78. The molecule has 0 spiro atoms. The van der Waals surface area contributed by atoms with Gasteiger partial charge in [0.1, 0.15) is 30.8 Å². The molecule has 0 radical (unpaired) electrons. The van der Waals surface area contributed by atoms with Crippen molar-refractivity contribution in [3.8, 4) is 23.0 Å². The highest BCUT2D eigenvalue weighted by Crippen LogP contribution is 2.47. The van der Waals surface area contributed by atoms with Crippen LogP contribution in [0.25, 0.3) is 0 Å². The van der Waals surface area contributed by atoms with Crippen LogP contribution in [0.4, 0.5) is 0 Å². The molecule has 0 aliphatic rings. The van der Waals surface area contributed by atoms with Crippen LogP contribution in [-0.2, 0) is 19.7 Å². The van der Waals surface area contributed by atoms with Crippen molar-refractivity contribution in [2.45, 2.75) is 53.1 Å². The molecule has 8 heteroatoms. The Labute approximate surface area is 224 Å². The average Bonchev–Trinajstić information content (AvgIpc) is 2.90. The van der Waals surface area contributed by atoms with Gasteiger partial charge in [0.15, 0.2) is 11.5 Å². The van der Waals surface area contributed by atoms with E-state index in [1.165, 1.54) is 6.08 Å². The molecule has 0 aromatic heterocycles. The van der Waals surface area contributed by atoms with Crippen molar-refractivity contribution >= 4 is 11.9 Å². The number of benzene rings is 2. The van der Waals surface area contributed by atoms with Crippen LogP contribution in [0.5, 0.6) is 23.0 Å². The predicted octanol–water partition coefficient (Wildman–Crippen LogP) is 5.07. The smallest absolute Gasteiger partial charge is 0.335 e. The van der Waals surface area contributed by atoms with Gasteiger partial charge in [-0.2, -0.15) is 0 Å². The molecule has 1 atom stereocenters. The summed E-state index contributed by atoms with van der Waals surface area (Å²) in [6.07, 6.45) is 3.00. The van der Waals surface area contributed by atoms with E-state index in [9.17, 15) is 14.7 Å². The first-order valence-corrected chi connectivity index (χ1v) is 12.6. The van der Waals surface area contributed by atoms with Gasteiger partial charge in [0.25, 0.3) is 0 Å². The van der Waals surface area contributed by atoms with Gasteiger partial charge in [-0.25, -0.2) is 9.59 Å². The summed E-state index contributed by atoms with van der Waals surface area (Å²) >= 11 is 0. The summed E-state index contributed by atoms with van der Waals surface area (Å²) in [5, 5.41) is 10.0. The lowest BCUT2D eigenvalue weighted by Gasteiger charge is -2.30. The van der Waals surface area contributed by atoms with Gasteiger partial charge in [0.05, 0.1) is 13.2 Å². The van der Waals surface area contributed by atoms with Gasteiger partial charge in [-0.05, 0) is 51.5 Å². The third-order valence-corrected chi connectivity index (χ3v) is 5.80. The summed E-state index contributed by atoms with van der Waals surface area (Å²) in [7, 11) is 0. The highest BCUT2D eigenvalue weighted by molar-refractivity contribution is 5.84. The third kappa shape index (κ3) is 7.86. The number of carbonyl (C=O) groups excluding carboxylic acids is 2. The molecule has 0 heterocycles. The van der Waals surface area contributed by atoms with Crippen LogP contribution < -0.4 is 18.9 Å². The van der Waals surface area contributed by atoms with Crippen molar-refractivity contribution < 1.29 is 38.4 Å². The molecule has 1 N–H and O–H groups in total. The summed E-state index contributed by atoms with van der Waals surface area (Å²) < 4.78 is 28.2. The van der Waals surface area contributed by atoms with Crippen LogP contribution in [0.2, 0.25) is 0 Å². The van der Waals surface area contributed by atoms with E-state index in [4.69, 9.17) is 23.7 Å². The first-order valence-electron chi connectivity index (χ1n) is 12.6. The van der Waals surface area contributed by atoms with Crippen LogP contribution in [0, 0.1) is 6.92 Å². The van der Waals surface area contributed by atoms with Crippen molar-refractivity contribution in [3.05, 3.63) is 71.8 Å². The van der Waals surface area contributed by atoms with E-state index in [2.05, 4.69) is 6.58 Å². The Morgan fingerprint density at radius 3 is 2.21 bits per heavy atom. The zero-order chi connectivity index (χ0) is 28.3. The number of esters is 2. The normalized spacial score (nSPS) is 12.1. The summed E-state index contributed by atoms with van der Waals surface area (Å²) in [4.78, 5) is 23.4. The molecule has 0 aliphatic heterocycles. The fourth-order valence-electron chi connectivity index (χ4n) is 3.76. The number of hydrogen-bond donors (Lipinski definition) is 1. The van der Waals surface area contributed by atoms with Gasteiger partial charge in [-0.1, -0.05) is 38.6 Å². The molecule has 2 aromatic carbocycles. The van der Waals surface area contributed by atoms with Gasteiger partial charge < -0.3 is 28.8 Å².